The molecule has 20 heavy (non-hydrogen) atoms. The van der Waals surface area contributed by atoms with Crippen LogP contribution in [0, 0.1) is 12.7 Å². The van der Waals surface area contributed by atoms with Crippen LogP contribution in [0.3, 0.4) is 0 Å². The molecule has 3 N–H and O–H groups in total. The van der Waals surface area contributed by atoms with Gasteiger partial charge in [0.1, 0.15) is 16.4 Å². The number of aromatic amines is 1. The van der Waals surface area contributed by atoms with Crippen molar-refractivity contribution >= 4 is 21.7 Å². The highest BCUT2D eigenvalue weighted by Crippen LogP contribution is 2.21. The zero-order chi connectivity index (χ0) is 14.9. The SMILES string of the molecule is Cc1cc(NS(=O)(=O)c2cncc(F)c2)c(C(=O)O)[nH]1. The molecule has 0 saturated heterocycles. The predicted octanol–water partition coefficient (Wildman–Crippen LogP) is 1.36. The number of carboxylic acids is 1. The maximum Gasteiger partial charge on any atom is 0.354 e. The van der Waals surface area contributed by atoms with Crippen molar-refractivity contribution in [2.45, 2.75) is 11.8 Å². The molecule has 2 aromatic heterocycles. The number of halogens is 1. The lowest BCUT2D eigenvalue weighted by Gasteiger charge is -2.07. The molecule has 0 unspecified atom stereocenters. The minimum atomic E-state index is -4.11. The standard InChI is InChI=1S/C11H10FN3O4S/c1-6-2-9(10(14-6)11(16)17)15-20(18,19)8-3-7(12)4-13-5-8/h2-5,14-15H,1H3,(H,16,17). The van der Waals surface area contributed by atoms with E-state index < -0.39 is 26.7 Å². The lowest BCUT2D eigenvalue weighted by Crippen LogP contribution is -2.15. The highest BCUT2D eigenvalue weighted by molar-refractivity contribution is 7.92. The average Bonchev–Trinajstić information content (AvgIpc) is 2.69. The first-order chi connectivity index (χ1) is 9.29. The Bertz CT molecular complexity index is 770. The van der Waals surface area contributed by atoms with Crippen LogP contribution in [0.1, 0.15) is 16.2 Å². The number of carbonyl (C=O) groups is 1. The maximum absolute atomic E-state index is 13.0. The molecule has 0 aromatic carbocycles. The molecule has 0 aliphatic rings. The van der Waals surface area contributed by atoms with Crippen LogP contribution < -0.4 is 4.72 Å². The van der Waals surface area contributed by atoms with Gasteiger partial charge in [-0.2, -0.15) is 0 Å². The number of rotatable bonds is 4. The summed E-state index contributed by atoms with van der Waals surface area (Å²) in [5.74, 6) is -2.12. The van der Waals surface area contributed by atoms with Crippen molar-refractivity contribution in [3.63, 3.8) is 0 Å². The van der Waals surface area contributed by atoms with Gasteiger partial charge in [-0.25, -0.2) is 17.6 Å². The van der Waals surface area contributed by atoms with Gasteiger partial charge >= 0.3 is 5.97 Å². The van der Waals surface area contributed by atoms with Gasteiger partial charge in [0, 0.05) is 11.9 Å². The van der Waals surface area contributed by atoms with E-state index in [1.165, 1.54) is 6.07 Å². The average molecular weight is 299 g/mol. The third-order valence-electron chi connectivity index (χ3n) is 2.40. The second kappa shape index (κ2) is 4.93. The fourth-order valence-corrected chi connectivity index (χ4v) is 2.62. The van der Waals surface area contributed by atoms with Crippen LogP contribution >= 0.6 is 0 Å². The van der Waals surface area contributed by atoms with E-state index in [-0.39, 0.29) is 11.4 Å². The Balaban J connectivity index is 2.41. The van der Waals surface area contributed by atoms with Gasteiger partial charge in [0.15, 0.2) is 0 Å². The number of nitrogens with zero attached hydrogens (tertiary/aromatic N) is 1. The van der Waals surface area contributed by atoms with E-state index in [1.807, 2.05) is 0 Å². The summed E-state index contributed by atoms with van der Waals surface area (Å²) >= 11 is 0. The molecule has 2 aromatic rings. The molecular weight excluding hydrogens is 289 g/mol. The number of hydrogen-bond donors (Lipinski definition) is 3. The minimum absolute atomic E-state index is 0.126. The van der Waals surface area contributed by atoms with Gasteiger partial charge in [0.2, 0.25) is 0 Å². The summed E-state index contributed by atoms with van der Waals surface area (Å²) in [4.78, 5) is 16.5. The van der Waals surface area contributed by atoms with Gasteiger partial charge in [-0.3, -0.25) is 9.71 Å². The van der Waals surface area contributed by atoms with Crippen molar-refractivity contribution < 1.29 is 22.7 Å². The van der Waals surface area contributed by atoms with E-state index in [4.69, 9.17) is 5.11 Å². The lowest BCUT2D eigenvalue weighted by atomic mass is 10.4. The zero-order valence-electron chi connectivity index (χ0n) is 10.2. The number of sulfonamides is 1. The number of anilines is 1. The number of aromatic carboxylic acids is 1. The molecular formula is C11H10FN3O4S. The molecule has 0 atom stereocenters. The molecule has 9 heteroatoms. The molecule has 0 saturated carbocycles. The third-order valence-corrected chi connectivity index (χ3v) is 3.73. The van der Waals surface area contributed by atoms with Crippen LogP contribution in [-0.2, 0) is 10.0 Å². The second-order valence-electron chi connectivity index (χ2n) is 3.99. The van der Waals surface area contributed by atoms with Crippen molar-refractivity contribution in [2.24, 2.45) is 0 Å². The van der Waals surface area contributed by atoms with Crippen LogP contribution in [0.25, 0.3) is 0 Å². The quantitative estimate of drug-likeness (QED) is 0.789. The van der Waals surface area contributed by atoms with E-state index in [2.05, 4.69) is 14.7 Å². The number of carboxylic acid groups (broad SMARTS) is 1. The second-order valence-corrected chi connectivity index (χ2v) is 5.67. The maximum atomic E-state index is 13.0. The van der Waals surface area contributed by atoms with E-state index in [0.29, 0.717) is 5.69 Å². The molecule has 0 aliphatic heterocycles. The Hall–Kier alpha value is -2.42. The summed E-state index contributed by atoms with van der Waals surface area (Å²) < 4.78 is 39.1. The first-order valence-corrected chi connectivity index (χ1v) is 6.84. The van der Waals surface area contributed by atoms with Crippen molar-refractivity contribution in [1.29, 1.82) is 0 Å². The first-order valence-electron chi connectivity index (χ1n) is 5.36. The molecule has 0 spiro atoms. The molecule has 2 heterocycles. The van der Waals surface area contributed by atoms with Gasteiger partial charge in [-0.05, 0) is 19.1 Å². The highest BCUT2D eigenvalue weighted by atomic mass is 32.2. The van der Waals surface area contributed by atoms with Gasteiger partial charge < -0.3 is 10.1 Å². The number of aromatic nitrogens is 2. The van der Waals surface area contributed by atoms with Crippen LogP contribution in [-0.4, -0.2) is 29.5 Å². The van der Waals surface area contributed by atoms with Crippen LogP contribution in [0.2, 0.25) is 0 Å². The number of H-pyrrole nitrogens is 1. The van der Waals surface area contributed by atoms with E-state index >= 15 is 0 Å². The Morgan fingerprint density at radius 1 is 1.40 bits per heavy atom. The van der Waals surface area contributed by atoms with E-state index in [1.54, 1.807) is 6.92 Å². The fourth-order valence-electron chi connectivity index (χ4n) is 1.58. The van der Waals surface area contributed by atoms with Gasteiger partial charge in [0.25, 0.3) is 10.0 Å². The van der Waals surface area contributed by atoms with Crippen LogP contribution in [0.4, 0.5) is 10.1 Å². The zero-order valence-corrected chi connectivity index (χ0v) is 11.0. The topological polar surface area (TPSA) is 112 Å². The third kappa shape index (κ3) is 2.77. The highest BCUT2D eigenvalue weighted by Gasteiger charge is 2.21. The minimum Gasteiger partial charge on any atom is -0.477 e. The Morgan fingerprint density at radius 3 is 2.70 bits per heavy atom. The van der Waals surface area contributed by atoms with Crippen LogP contribution in [0.5, 0.6) is 0 Å². The number of nitrogens with one attached hydrogen (secondary N) is 2. The number of pyridine rings is 1. The molecule has 0 fully saturated rings. The molecule has 0 radical (unpaired) electrons. The fraction of sp³-hybridized carbons (Fsp3) is 0.0909. The number of hydrogen-bond acceptors (Lipinski definition) is 4. The Kier molecular flexibility index (Phi) is 3.45. The van der Waals surface area contributed by atoms with Gasteiger partial charge in [-0.1, -0.05) is 0 Å². The molecule has 0 amide bonds. The van der Waals surface area contributed by atoms with E-state index in [0.717, 1.165) is 18.5 Å². The summed E-state index contributed by atoms with van der Waals surface area (Å²) in [6.45, 7) is 1.58. The Labute approximate surface area is 113 Å². The summed E-state index contributed by atoms with van der Waals surface area (Å²) in [6, 6.07) is 2.11. The van der Waals surface area contributed by atoms with E-state index in [9.17, 15) is 17.6 Å². The summed E-state index contributed by atoms with van der Waals surface area (Å²) in [5.41, 5.74) is 0.0483. The summed E-state index contributed by atoms with van der Waals surface area (Å²) in [5, 5.41) is 8.95. The van der Waals surface area contributed by atoms with Gasteiger partial charge in [-0.15, -0.1) is 0 Å². The van der Waals surface area contributed by atoms with Crippen molar-refractivity contribution in [3.8, 4) is 0 Å². The predicted molar refractivity (Wildman–Crippen MR) is 67.5 cm³/mol. The Morgan fingerprint density at radius 2 is 2.10 bits per heavy atom. The van der Waals surface area contributed by atoms with Crippen molar-refractivity contribution in [2.75, 3.05) is 4.72 Å². The summed E-state index contributed by atoms with van der Waals surface area (Å²) in [7, 11) is -4.11. The number of aryl methyl sites for hydroxylation is 1. The summed E-state index contributed by atoms with van der Waals surface area (Å²) in [6.07, 6.45) is 1.83. The van der Waals surface area contributed by atoms with Crippen molar-refractivity contribution in [1.82, 2.24) is 9.97 Å². The molecule has 2 rings (SSSR count). The van der Waals surface area contributed by atoms with Gasteiger partial charge in [0.05, 0.1) is 11.9 Å². The molecule has 0 aliphatic carbocycles. The first kappa shape index (κ1) is 14.0. The monoisotopic (exact) mass is 299 g/mol. The molecule has 106 valence electrons. The van der Waals surface area contributed by atoms with Crippen LogP contribution in [0.15, 0.2) is 29.4 Å². The lowest BCUT2D eigenvalue weighted by molar-refractivity contribution is 0.0692. The largest absolute Gasteiger partial charge is 0.477 e. The smallest absolute Gasteiger partial charge is 0.354 e. The van der Waals surface area contributed by atoms with Crippen molar-refractivity contribution in [3.05, 3.63) is 41.7 Å². The molecule has 0 bridgehead atoms. The molecule has 7 nitrogen and oxygen atoms in total. The normalized spacial score (nSPS) is 11.3.